The van der Waals surface area contributed by atoms with Gasteiger partial charge >= 0.3 is 0 Å². The van der Waals surface area contributed by atoms with Crippen LogP contribution in [0.1, 0.15) is 11.1 Å². The highest BCUT2D eigenvalue weighted by atomic mass is 32.2. The molecule has 0 spiro atoms. The van der Waals surface area contributed by atoms with E-state index in [0.717, 1.165) is 20.9 Å². The number of hydrogen-bond donors (Lipinski definition) is 2. The summed E-state index contributed by atoms with van der Waals surface area (Å²) in [6.45, 7) is 7.49. The Kier molecular flexibility index (Phi) is 5.12. The molecule has 2 N–H and O–H groups in total. The molecule has 0 aliphatic carbocycles. The van der Waals surface area contributed by atoms with Crippen molar-refractivity contribution in [1.29, 1.82) is 0 Å². The molecular formula is C18H18O2S. The van der Waals surface area contributed by atoms with Crippen molar-refractivity contribution in [3.63, 3.8) is 0 Å². The van der Waals surface area contributed by atoms with E-state index in [1.165, 1.54) is 11.8 Å². The van der Waals surface area contributed by atoms with Crippen LogP contribution in [0.4, 0.5) is 0 Å². The van der Waals surface area contributed by atoms with Crippen molar-refractivity contribution in [3.05, 3.63) is 72.8 Å². The van der Waals surface area contributed by atoms with Gasteiger partial charge in [0, 0.05) is 0 Å². The van der Waals surface area contributed by atoms with Crippen molar-refractivity contribution in [2.24, 2.45) is 0 Å². The lowest BCUT2D eigenvalue weighted by Crippen LogP contribution is -1.90. The van der Waals surface area contributed by atoms with Crippen LogP contribution in [0.25, 0.3) is 0 Å². The highest BCUT2D eigenvalue weighted by Crippen LogP contribution is 2.42. The van der Waals surface area contributed by atoms with Gasteiger partial charge in [0.1, 0.15) is 11.5 Å². The third-order valence-electron chi connectivity index (χ3n) is 3.08. The Morgan fingerprint density at radius 2 is 1.24 bits per heavy atom. The Labute approximate surface area is 129 Å². The van der Waals surface area contributed by atoms with Crippen LogP contribution in [0.5, 0.6) is 11.5 Å². The van der Waals surface area contributed by atoms with Gasteiger partial charge in [-0.05, 0) is 36.1 Å². The number of allylic oxidation sites excluding steroid dienone is 2. The molecule has 2 rings (SSSR count). The summed E-state index contributed by atoms with van der Waals surface area (Å²) in [7, 11) is 0. The molecule has 2 aromatic rings. The lowest BCUT2D eigenvalue weighted by Gasteiger charge is -2.13. The normalized spacial score (nSPS) is 10.3. The van der Waals surface area contributed by atoms with E-state index in [-0.39, 0.29) is 11.5 Å². The van der Waals surface area contributed by atoms with Crippen LogP contribution in [0, 0.1) is 0 Å². The second-order valence-corrected chi connectivity index (χ2v) is 5.64. The van der Waals surface area contributed by atoms with Gasteiger partial charge in [-0.15, -0.1) is 13.2 Å². The van der Waals surface area contributed by atoms with E-state index < -0.39 is 0 Å². The van der Waals surface area contributed by atoms with Crippen molar-refractivity contribution in [2.45, 2.75) is 22.6 Å². The third kappa shape index (κ3) is 3.50. The Morgan fingerprint density at radius 3 is 1.62 bits per heavy atom. The third-order valence-corrected chi connectivity index (χ3v) is 4.44. The lowest BCUT2D eigenvalue weighted by atomic mass is 10.1. The van der Waals surface area contributed by atoms with E-state index in [1.54, 1.807) is 24.3 Å². The first-order valence-electron chi connectivity index (χ1n) is 6.68. The average Bonchev–Trinajstić information content (AvgIpc) is 2.46. The molecule has 0 unspecified atom stereocenters. The smallest absolute Gasteiger partial charge is 0.129 e. The largest absolute Gasteiger partial charge is 0.507 e. The second-order valence-electron chi connectivity index (χ2n) is 4.62. The maximum Gasteiger partial charge on any atom is 0.129 e. The summed E-state index contributed by atoms with van der Waals surface area (Å²) in [5, 5.41) is 20.3. The summed E-state index contributed by atoms with van der Waals surface area (Å²) < 4.78 is 0. The Hall–Kier alpha value is -2.13. The van der Waals surface area contributed by atoms with Gasteiger partial charge in [0.15, 0.2) is 0 Å². The van der Waals surface area contributed by atoms with Gasteiger partial charge < -0.3 is 10.2 Å². The predicted octanol–water partition coefficient (Wildman–Crippen LogP) is 4.71. The van der Waals surface area contributed by atoms with Gasteiger partial charge in [-0.2, -0.15) is 0 Å². The van der Waals surface area contributed by atoms with Crippen molar-refractivity contribution in [1.82, 2.24) is 0 Å². The standard InChI is InChI=1S/C18H18O2S/c1-3-7-13-9-5-11-15(19)17(13)21-18-14(8-4-2)10-6-12-16(18)20/h3-6,9-12,19-20H,1-2,7-8H2. The SMILES string of the molecule is C=CCc1cccc(O)c1Sc1c(O)cccc1CC=C. The topological polar surface area (TPSA) is 40.5 Å². The molecule has 2 nitrogen and oxygen atoms in total. The van der Waals surface area contributed by atoms with Crippen LogP contribution in [0.3, 0.4) is 0 Å². The van der Waals surface area contributed by atoms with Crippen LogP contribution in [-0.4, -0.2) is 10.2 Å². The Morgan fingerprint density at radius 1 is 0.810 bits per heavy atom. The minimum absolute atomic E-state index is 0.215. The highest BCUT2D eigenvalue weighted by molar-refractivity contribution is 7.99. The van der Waals surface area contributed by atoms with E-state index in [1.807, 2.05) is 24.3 Å². The summed E-state index contributed by atoms with van der Waals surface area (Å²) in [5.41, 5.74) is 1.98. The van der Waals surface area contributed by atoms with Gasteiger partial charge in [0.25, 0.3) is 0 Å². The van der Waals surface area contributed by atoms with Crippen molar-refractivity contribution < 1.29 is 10.2 Å². The Bertz CT molecular complexity index is 605. The number of rotatable bonds is 6. The molecule has 0 saturated carbocycles. The highest BCUT2D eigenvalue weighted by Gasteiger charge is 2.14. The van der Waals surface area contributed by atoms with Crippen LogP contribution in [-0.2, 0) is 12.8 Å². The molecule has 0 bridgehead atoms. The van der Waals surface area contributed by atoms with E-state index in [2.05, 4.69) is 13.2 Å². The molecule has 0 radical (unpaired) electrons. The monoisotopic (exact) mass is 298 g/mol. The molecule has 0 atom stereocenters. The van der Waals surface area contributed by atoms with Crippen molar-refractivity contribution in [3.8, 4) is 11.5 Å². The minimum Gasteiger partial charge on any atom is -0.507 e. The van der Waals surface area contributed by atoms with E-state index in [0.29, 0.717) is 12.8 Å². The van der Waals surface area contributed by atoms with Gasteiger partial charge in [-0.25, -0.2) is 0 Å². The van der Waals surface area contributed by atoms with E-state index >= 15 is 0 Å². The molecule has 0 aliphatic heterocycles. The number of benzene rings is 2. The molecule has 3 heteroatoms. The summed E-state index contributed by atoms with van der Waals surface area (Å²) in [5.74, 6) is 0.430. The quantitative estimate of drug-likeness (QED) is 0.759. The van der Waals surface area contributed by atoms with Crippen LogP contribution in [0.2, 0.25) is 0 Å². The van der Waals surface area contributed by atoms with Gasteiger partial charge in [0.2, 0.25) is 0 Å². The lowest BCUT2D eigenvalue weighted by molar-refractivity contribution is 0.458. The van der Waals surface area contributed by atoms with Gasteiger partial charge in [-0.1, -0.05) is 48.2 Å². The predicted molar refractivity (Wildman–Crippen MR) is 88.1 cm³/mol. The van der Waals surface area contributed by atoms with Gasteiger partial charge in [-0.3, -0.25) is 0 Å². The average molecular weight is 298 g/mol. The maximum absolute atomic E-state index is 10.1. The first-order valence-corrected chi connectivity index (χ1v) is 7.50. The Balaban J connectivity index is 2.47. The summed E-state index contributed by atoms with van der Waals surface area (Å²) in [6.07, 6.45) is 4.94. The fraction of sp³-hybridized carbons (Fsp3) is 0.111. The van der Waals surface area contributed by atoms with Crippen molar-refractivity contribution >= 4 is 11.8 Å². The molecule has 21 heavy (non-hydrogen) atoms. The summed E-state index contributed by atoms with van der Waals surface area (Å²) in [6, 6.07) is 10.8. The van der Waals surface area contributed by atoms with Crippen LogP contribution < -0.4 is 0 Å². The molecule has 2 aromatic carbocycles. The second kappa shape index (κ2) is 7.04. The number of hydrogen-bond acceptors (Lipinski definition) is 3. The zero-order chi connectivity index (χ0) is 15.2. The summed E-state index contributed by atoms with van der Waals surface area (Å²) >= 11 is 1.38. The first-order chi connectivity index (χ1) is 10.2. The molecule has 0 aliphatic rings. The summed E-state index contributed by atoms with van der Waals surface area (Å²) in [4.78, 5) is 1.51. The molecule has 0 saturated heterocycles. The molecule has 0 heterocycles. The number of aromatic hydroxyl groups is 2. The van der Waals surface area contributed by atoms with Crippen LogP contribution >= 0.6 is 11.8 Å². The molecule has 0 fully saturated rings. The fourth-order valence-corrected chi connectivity index (χ4v) is 3.23. The number of phenols is 2. The number of phenolic OH excluding ortho intramolecular Hbond substituents is 2. The molecule has 108 valence electrons. The van der Waals surface area contributed by atoms with Crippen molar-refractivity contribution in [2.75, 3.05) is 0 Å². The first kappa shape index (κ1) is 15.3. The molecular weight excluding hydrogens is 280 g/mol. The van der Waals surface area contributed by atoms with Gasteiger partial charge in [0.05, 0.1) is 9.79 Å². The zero-order valence-corrected chi connectivity index (χ0v) is 12.6. The molecule has 0 aromatic heterocycles. The van der Waals surface area contributed by atoms with E-state index in [4.69, 9.17) is 0 Å². The zero-order valence-electron chi connectivity index (χ0n) is 11.7. The fourth-order valence-electron chi connectivity index (χ4n) is 2.11. The van der Waals surface area contributed by atoms with E-state index in [9.17, 15) is 10.2 Å². The van der Waals surface area contributed by atoms with Crippen LogP contribution in [0.15, 0.2) is 71.5 Å². The minimum atomic E-state index is 0.215. The molecule has 0 amide bonds. The maximum atomic E-state index is 10.1.